The van der Waals surface area contributed by atoms with Crippen LogP contribution in [-0.4, -0.2) is 130 Å². The molecule has 2 unspecified atom stereocenters. The maximum absolute atomic E-state index is 12.4. The smallest absolute Gasteiger partial charge is 0.303 e. The van der Waals surface area contributed by atoms with Gasteiger partial charge in [0.15, 0.2) is 43.1 Å². The molecule has 2 heterocycles. The standard InChI is InChI=1S/C30H45NO18/c1-14(32)40-12-21-23(42-16(3)34)25(43-17(4)35)28(46-20(7)38)30(48-21)49-24-22(13-41-15(2)33)47-29(39-11-9-8-10-31)27(45-19(6)37)26(24)44-18(5)36/h21-30H,8-13,31H2,1-7H3/t21-,22-,23+,24-,25+,26+,27-,28-,29?,30?/m1/s1. The molecule has 2 N–H and O–H groups in total. The van der Waals surface area contributed by atoms with Gasteiger partial charge in [-0.15, -0.1) is 0 Å². The molecule has 49 heavy (non-hydrogen) atoms. The minimum Gasteiger partial charge on any atom is -0.463 e. The average molecular weight is 708 g/mol. The van der Waals surface area contributed by atoms with Gasteiger partial charge < -0.3 is 57.8 Å². The third-order valence-electron chi connectivity index (χ3n) is 6.77. The summed E-state index contributed by atoms with van der Waals surface area (Å²) in [4.78, 5) is 85.0. The zero-order valence-corrected chi connectivity index (χ0v) is 28.4. The number of hydrogen-bond acceptors (Lipinski definition) is 19. The molecule has 278 valence electrons. The zero-order valence-electron chi connectivity index (χ0n) is 28.4. The van der Waals surface area contributed by atoms with Crippen LogP contribution < -0.4 is 5.73 Å². The van der Waals surface area contributed by atoms with Gasteiger partial charge in [-0.1, -0.05) is 0 Å². The fourth-order valence-corrected chi connectivity index (χ4v) is 5.05. The normalized spacial score (nSPS) is 29.5. The number of nitrogens with two attached hydrogens (primary N) is 1. The number of unbranched alkanes of at least 4 members (excludes halogenated alkanes) is 1. The van der Waals surface area contributed by atoms with Crippen molar-refractivity contribution in [2.24, 2.45) is 5.73 Å². The van der Waals surface area contributed by atoms with Crippen molar-refractivity contribution in [3.8, 4) is 0 Å². The third kappa shape index (κ3) is 13.5. The Bertz CT molecular complexity index is 1180. The first-order valence-corrected chi connectivity index (χ1v) is 15.4. The monoisotopic (exact) mass is 707 g/mol. The van der Waals surface area contributed by atoms with Gasteiger partial charge in [0, 0.05) is 55.1 Å². The molecule has 2 saturated heterocycles. The van der Waals surface area contributed by atoms with E-state index in [1.54, 1.807) is 0 Å². The third-order valence-corrected chi connectivity index (χ3v) is 6.77. The minimum atomic E-state index is -1.77. The van der Waals surface area contributed by atoms with Crippen molar-refractivity contribution in [1.29, 1.82) is 0 Å². The molecule has 0 spiro atoms. The molecule has 0 aromatic rings. The summed E-state index contributed by atoms with van der Waals surface area (Å²) in [6.45, 7) is 6.92. The molecule has 19 nitrogen and oxygen atoms in total. The van der Waals surface area contributed by atoms with E-state index in [0.717, 1.165) is 48.5 Å². The largest absolute Gasteiger partial charge is 0.463 e. The van der Waals surface area contributed by atoms with Crippen molar-refractivity contribution in [3.05, 3.63) is 0 Å². The van der Waals surface area contributed by atoms with Gasteiger partial charge in [-0.05, 0) is 19.4 Å². The molecular weight excluding hydrogens is 662 g/mol. The van der Waals surface area contributed by atoms with Crippen LogP contribution in [0.15, 0.2) is 0 Å². The molecular formula is C30H45NO18. The van der Waals surface area contributed by atoms with Crippen LogP contribution in [0.1, 0.15) is 61.3 Å². The van der Waals surface area contributed by atoms with Crippen LogP contribution in [0, 0.1) is 0 Å². The van der Waals surface area contributed by atoms with Crippen molar-refractivity contribution in [1.82, 2.24) is 0 Å². The Morgan fingerprint density at radius 3 is 1.33 bits per heavy atom. The summed E-state index contributed by atoms with van der Waals surface area (Å²) in [5.41, 5.74) is 5.57. The number of hydrogen-bond donors (Lipinski definition) is 1. The quantitative estimate of drug-likeness (QED) is 0.119. The molecule has 0 saturated carbocycles. The summed E-state index contributed by atoms with van der Waals surface area (Å²) in [5, 5.41) is 0. The van der Waals surface area contributed by atoms with E-state index in [1.807, 2.05) is 0 Å². The highest BCUT2D eigenvalue weighted by Gasteiger charge is 2.57. The molecule has 0 amide bonds. The highest BCUT2D eigenvalue weighted by atomic mass is 16.8. The first kappa shape index (κ1) is 41.3. The molecule has 0 radical (unpaired) electrons. The Morgan fingerprint density at radius 2 is 0.878 bits per heavy atom. The van der Waals surface area contributed by atoms with Gasteiger partial charge in [0.1, 0.15) is 31.5 Å². The van der Waals surface area contributed by atoms with E-state index in [0.29, 0.717) is 19.4 Å². The van der Waals surface area contributed by atoms with Crippen LogP contribution in [0.2, 0.25) is 0 Å². The van der Waals surface area contributed by atoms with Crippen molar-refractivity contribution in [2.75, 3.05) is 26.4 Å². The highest BCUT2D eigenvalue weighted by Crippen LogP contribution is 2.35. The molecule has 19 heteroatoms. The van der Waals surface area contributed by atoms with E-state index in [-0.39, 0.29) is 6.61 Å². The molecule has 2 fully saturated rings. The fraction of sp³-hybridized carbons (Fsp3) is 0.767. The van der Waals surface area contributed by atoms with E-state index < -0.39 is 116 Å². The average Bonchev–Trinajstić information content (AvgIpc) is 2.97. The Labute approximate surface area is 282 Å². The first-order valence-electron chi connectivity index (χ1n) is 15.4. The predicted octanol–water partition coefficient (Wildman–Crippen LogP) is -0.638. The zero-order chi connectivity index (χ0) is 36.8. The van der Waals surface area contributed by atoms with Crippen LogP contribution in [0.3, 0.4) is 0 Å². The molecule has 0 aromatic carbocycles. The minimum absolute atomic E-state index is 0.0813. The van der Waals surface area contributed by atoms with E-state index in [1.165, 1.54) is 0 Å². The van der Waals surface area contributed by atoms with Crippen LogP contribution in [0.4, 0.5) is 0 Å². The second-order valence-corrected chi connectivity index (χ2v) is 11.0. The van der Waals surface area contributed by atoms with Gasteiger partial charge in [-0.2, -0.15) is 0 Å². The molecule has 0 bridgehead atoms. The maximum Gasteiger partial charge on any atom is 0.303 e. The van der Waals surface area contributed by atoms with Crippen molar-refractivity contribution < 1.29 is 85.7 Å². The van der Waals surface area contributed by atoms with E-state index in [2.05, 4.69) is 0 Å². The maximum atomic E-state index is 12.4. The van der Waals surface area contributed by atoms with Crippen LogP contribution in [0.25, 0.3) is 0 Å². The lowest BCUT2D eigenvalue weighted by atomic mass is 9.96. The molecule has 0 aromatic heterocycles. The Kier molecular flexibility index (Phi) is 16.8. The summed E-state index contributed by atoms with van der Waals surface area (Å²) >= 11 is 0. The van der Waals surface area contributed by atoms with Crippen molar-refractivity contribution in [2.45, 2.75) is 123 Å². The summed E-state index contributed by atoms with van der Waals surface area (Å²) in [6.07, 6.45) is -14.1. The summed E-state index contributed by atoms with van der Waals surface area (Å²) in [7, 11) is 0. The summed E-state index contributed by atoms with van der Waals surface area (Å²) < 4.78 is 61.9. The van der Waals surface area contributed by atoms with Gasteiger partial charge >= 0.3 is 41.8 Å². The SMILES string of the molecule is CC(=O)OC[C@H]1OC(O[C@H]2[C@H](OC(C)=O)[C@@H](OC(C)=O)C(OCCCCN)O[C@@H]2COC(C)=O)[C@H](OC(C)=O)[C@@H](OC(C)=O)[C@H]1OC(C)=O. The molecule has 2 rings (SSSR count). The number of carbonyl (C=O) groups is 7. The molecule has 10 atom stereocenters. The van der Waals surface area contributed by atoms with Crippen LogP contribution >= 0.6 is 0 Å². The van der Waals surface area contributed by atoms with Gasteiger partial charge in [0.05, 0.1) is 0 Å². The van der Waals surface area contributed by atoms with E-state index >= 15 is 0 Å². The van der Waals surface area contributed by atoms with Gasteiger partial charge in [0.2, 0.25) is 0 Å². The predicted molar refractivity (Wildman–Crippen MR) is 157 cm³/mol. The number of esters is 7. The molecule has 0 aliphatic carbocycles. The lowest BCUT2D eigenvalue weighted by Crippen LogP contribution is -2.67. The van der Waals surface area contributed by atoms with Crippen LogP contribution in [-0.2, 0) is 85.7 Å². The molecule has 2 aliphatic heterocycles. The number of rotatable bonds is 16. The van der Waals surface area contributed by atoms with Crippen molar-refractivity contribution >= 4 is 41.8 Å². The topological polar surface area (TPSA) is 247 Å². The number of ether oxygens (including phenoxy) is 11. The Morgan fingerprint density at radius 1 is 0.490 bits per heavy atom. The highest BCUT2D eigenvalue weighted by molar-refractivity contribution is 5.69. The lowest BCUT2D eigenvalue weighted by Gasteiger charge is -2.48. The number of carbonyl (C=O) groups excluding carboxylic acids is 7. The van der Waals surface area contributed by atoms with Gasteiger partial charge in [0.25, 0.3) is 0 Å². The Hall–Kier alpha value is -3.91. The summed E-state index contributed by atoms with van der Waals surface area (Å²) in [5.74, 6) is -5.77. The van der Waals surface area contributed by atoms with Gasteiger partial charge in [-0.25, -0.2) is 0 Å². The van der Waals surface area contributed by atoms with E-state index in [4.69, 9.17) is 57.8 Å². The van der Waals surface area contributed by atoms with Crippen LogP contribution in [0.5, 0.6) is 0 Å². The summed E-state index contributed by atoms with van der Waals surface area (Å²) in [6, 6.07) is 0. The van der Waals surface area contributed by atoms with Gasteiger partial charge in [-0.3, -0.25) is 33.6 Å². The molecule has 2 aliphatic rings. The fourth-order valence-electron chi connectivity index (χ4n) is 5.05. The van der Waals surface area contributed by atoms with Crippen molar-refractivity contribution in [3.63, 3.8) is 0 Å². The first-order chi connectivity index (χ1) is 23.0. The lowest BCUT2D eigenvalue weighted by molar-refractivity contribution is -0.361. The Balaban J connectivity index is 2.69. The second kappa shape index (κ2) is 19.9. The second-order valence-electron chi connectivity index (χ2n) is 11.0. The van der Waals surface area contributed by atoms with E-state index in [9.17, 15) is 33.6 Å².